The fourth-order valence-electron chi connectivity index (χ4n) is 4.01. The number of nitro benzene ring substituents is 1. The molecule has 2 aromatic carbocycles. The van der Waals surface area contributed by atoms with Gasteiger partial charge in [0, 0.05) is 59.6 Å². The fourth-order valence-corrected chi connectivity index (χ4v) is 4.14. The van der Waals surface area contributed by atoms with Gasteiger partial charge in [0.15, 0.2) is 0 Å². The summed E-state index contributed by atoms with van der Waals surface area (Å²) in [5, 5.41) is 12.7. The molecule has 1 unspecified atom stereocenters. The van der Waals surface area contributed by atoms with Crippen molar-refractivity contribution in [3.05, 3.63) is 75.4 Å². The Morgan fingerprint density at radius 1 is 1.20 bits per heavy atom. The van der Waals surface area contributed by atoms with Crippen LogP contribution in [0.5, 0.6) is 0 Å². The quantitative estimate of drug-likeness (QED) is 0.454. The molecular weight excluding hydrogens is 404 g/mol. The van der Waals surface area contributed by atoms with Gasteiger partial charge in [-0.2, -0.15) is 0 Å². The number of halogens is 1. The molecule has 0 radical (unpaired) electrons. The minimum atomic E-state index is -0.406. The van der Waals surface area contributed by atoms with Crippen LogP contribution in [0, 0.1) is 10.1 Å². The van der Waals surface area contributed by atoms with Gasteiger partial charge in [0.1, 0.15) is 5.52 Å². The Morgan fingerprint density at radius 3 is 2.67 bits per heavy atom. The van der Waals surface area contributed by atoms with Gasteiger partial charge in [-0.3, -0.25) is 14.9 Å². The lowest BCUT2D eigenvalue weighted by Crippen LogP contribution is -2.55. The highest BCUT2D eigenvalue weighted by Crippen LogP contribution is 2.33. The molecule has 0 aliphatic carbocycles. The molecule has 1 amide bonds. The summed E-state index contributed by atoms with van der Waals surface area (Å²) in [5.41, 5.74) is 1.91. The van der Waals surface area contributed by atoms with Crippen molar-refractivity contribution < 1.29 is 9.72 Å². The summed E-state index contributed by atoms with van der Waals surface area (Å²) in [6.07, 6.45) is 2.37. The Labute approximate surface area is 179 Å². The van der Waals surface area contributed by atoms with E-state index in [4.69, 9.17) is 11.6 Å². The molecule has 0 bridgehead atoms. The van der Waals surface area contributed by atoms with Crippen LogP contribution in [0.4, 0.5) is 11.4 Å². The number of nitrogens with zero attached hydrogens (tertiary/aromatic N) is 4. The minimum Gasteiger partial charge on any atom is -0.367 e. The molecule has 4 rings (SSSR count). The summed E-state index contributed by atoms with van der Waals surface area (Å²) >= 11 is 5.94. The van der Waals surface area contributed by atoms with Gasteiger partial charge in [0.25, 0.3) is 11.6 Å². The first kappa shape index (κ1) is 20.1. The molecule has 3 aromatic rings. The summed E-state index contributed by atoms with van der Waals surface area (Å²) in [4.78, 5) is 32.3. The number of hydrogen-bond acceptors (Lipinski definition) is 5. The van der Waals surface area contributed by atoms with Gasteiger partial charge in [-0.25, -0.2) is 4.98 Å². The van der Waals surface area contributed by atoms with Crippen LogP contribution in [0.15, 0.2) is 54.7 Å². The van der Waals surface area contributed by atoms with Crippen LogP contribution in [0.1, 0.15) is 23.7 Å². The van der Waals surface area contributed by atoms with Gasteiger partial charge in [-0.1, -0.05) is 18.5 Å². The number of carbonyl (C=O) groups excluding carboxylic acids is 1. The molecule has 0 saturated carbocycles. The van der Waals surface area contributed by atoms with Crippen molar-refractivity contribution in [3.63, 3.8) is 0 Å². The van der Waals surface area contributed by atoms with Crippen LogP contribution < -0.4 is 4.90 Å². The second-order valence-corrected chi connectivity index (χ2v) is 7.71. The summed E-state index contributed by atoms with van der Waals surface area (Å²) < 4.78 is 0. The number of piperazine rings is 1. The number of aromatic nitrogens is 1. The maximum Gasteiger partial charge on any atom is 0.295 e. The Kier molecular flexibility index (Phi) is 5.55. The monoisotopic (exact) mass is 424 g/mol. The molecule has 1 aromatic heterocycles. The molecule has 0 N–H and O–H groups in total. The second-order valence-electron chi connectivity index (χ2n) is 7.27. The van der Waals surface area contributed by atoms with Crippen LogP contribution >= 0.6 is 11.6 Å². The van der Waals surface area contributed by atoms with Gasteiger partial charge >= 0.3 is 0 Å². The first-order chi connectivity index (χ1) is 14.5. The third kappa shape index (κ3) is 3.68. The van der Waals surface area contributed by atoms with Crippen molar-refractivity contribution in [2.24, 2.45) is 0 Å². The van der Waals surface area contributed by atoms with Gasteiger partial charge in [0.05, 0.1) is 4.92 Å². The van der Waals surface area contributed by atoms with E-state index in [1.807, 2.05) is 11.0 Å². The predicted molar refractivity (Wildman–Crippen MR) is 117 cm³/mol. The second kappa shape index (κ2) is 8.28. The molecular formula is C22H21ClN4O3. The van der Waals surface area contributed by atoms with Gasteiger partial charge in [0.2, 0.25) is 0 Å². The van der Waals surface area contributed by atoms with E-state index in [1.165, 1.54) is 6.07 Å². The number of rotatable bonds is 4. The van der Waals surface area contributed by atoms with Crippen LogP contribution in [-0.4, -0.2) is 46.4 Å². The average Bonchev–Trinajstić information content (AvgIpc) is 2.77. The average molecular weight is 425 g/mol. The third-order valence-electron chi connectivity index (χ3n) is 5.57. The highest BCUT2D eigenvalue weighted by atomic mass is 35.5. The zero-order valence-electron chi connectivity index (χ0n) is 16.5. The van der Waals surface area contributed by atoms with Crippen LogP contribution in [0.2, 0.25) is 5.02 Å². The van der Waals surface area contributed by atoms with Crippen LogP contribution in [-0.2, 0) is 0 Å². The molecule has 1 atom stereocenters. The van der Waals surface area contributed by atoms with E-state index in [9.17, 15) is 14.9 Å². The fraction of sp³-hybridized carbons (Fsp3) is 0.273. The van der Waals surface area contributed by atoms with E-state index in [0.29, 0.717) is 35.7 Å². The van der Waals surface area contributed by atoms with Gasteiger partial charge in [-0.15, -0.1) is 0 Å². The summed E-state index contributed by atoms with van der Waals surface area (Å²) in [6.45, 7) is 3.92. The first-order valence-electron chi connectivity index (χ1n) is 9.83. The Hall–Kier alpha value is -3.19. The zero-order valence-corrected chi connectivity index (χ0v) is 17.2. The number of anilines is 1. The smallest absolute Gasteiger partial charge is 0.295 e. The largest absolute Gasteiger partial charge is 0.367 e. The first-order valence-corrected chi connectivity index (χ1v) is 10.2. The highest BCUT2D eigenvalue weighted by molar-refractivity contribution is 6.30. The summed E-state index contributed by atoms with van der Waals surface area (Å²) in [7, 11) is 0. The molecule has 8 heteroatoms. The van der Waals surface area contributed by atoms with Crippen LogP contribution in [0.3, 0.4) is 0 Å². The van der Waals surface area contributed by atoms with Crippen molar-refractivity contribution in [3.8, 4) is 0 Å². The van der Waals surface area contributed by atoms with E-state index in [2.05, 4.69) is 16.8 Å². The van der Waals surface area contributed by atoms with Crippen molar-refractivity contribution in [2.45, 2.75) is 19.4 Å². The van der Waals surface area contributed by atoms with E-state index < -0.39 is 4.92 Å². The summed E-state index contributed by atoms with van der Waals surface area (Å²) in [6, 6.07) is 13.9. The topological polar surface area (TPSA) is 79.6 Å². The standard InChI is InChI=1S/C22H21ClN4O3/c1-2-17-14-25(12-13-26(17)22(28)15-5-7-16(23)8-6-15)19-9-10-20(27(29)30)21-18(19)4-3-11-24-21/h3-11,17H,2,12-14H2,1H3. The third-order valence-corrected chi connectivity index (χ3v) is 5.82. The molecule has 1 fully saturated rings. The number of amides is 1. The zero-order chi connectivity index (χ0) is 21.3. The van der Waals surface area contributed by atoms with Gasteiger partial charge < -0.3 is 9.80 Å². The Balaban J connectivity index is 1.62. The molecule has 154 valence electrons. The number of non-ortho nitro benzene ring substituents is 1. The van der Waals surface area contributed by atoms with Crippen molar-refractivity contribution >= 4 is 39.8 Å². The number of benzene rings is 2. The molecule has 30 heavy (non-hydrogen) atoms. The van der Waals surface area contributed by atoms with Crippen LogP contribution in [0.25, 0.3) is 10.9 Å². The molecule has 1 aliphatic heterocycles. The van der Waals surface area contributed by atoms with E-state index in [-0.39, 0.29) is 17.6 Å². The molecule has 2 heterocycles. The van der Waals surface area contributed by atoms with E-state index in [0.717, 1.165) is 17.5 Å². The summed E-state index contributed by atoms with van der Waals surface area (Å²) in [5.74, 6) is -0.00612. The number of fused-ring (bicyclic) bond motifs is 1. The molecule has 7 nitrogen and oxygen atoms in total. The lowest BCUT2D eigenvalue weighted by atomic mass is 10.0. The number of pyridine rings is 1. The number of nitro groups is 1. The molecule has 0 spiro atoms. The van der Waals surface area contributed by atoms with E-state index in [1.54, 1.807) is 42.6 Å². The predicted octanol–water partition coefficient (Wildman–Crippen LogP) is 4.54. The molecule has 1 saturated heterocycles. The number of carbonyl (C=O) groups is 1. The maximum atomic E-state index is 13.0. The maximum absolute atomic E-state index is 13.0. The minimum absolute atomic E-state index is 0.00190. The Bertz CT molecular complexity index is 1100. The van der Waals surface area contributed by atoms with Crippen molar-refractivity contribution in [1.29, 1.82) is 0 Å². The van der Waals surface area contributed by atoms with Crippen molar-refractivity contribution in [1.82, 2.24) is 9.88 Å². The normalized spacial score (nSPS) is 16.7. The lowest BCUT2D eigenvalue weighted by Gasteiger charge is -2.42. The molecule has 1 aliphatic rings. The SMILES string of the molecule is CCC1CN(c2ccc([N+](=O)[O-])c3ncccc23)CCN1C(=O)c1ccc(Cl)cc1. The van der Waals surface area contributed by atoms with E-state index >= 15 is 0 Å². The lowest BCUT2D eigenvalue weighted by molar-refractivity contribution is -0.383. The van der Waals surface area contributed by atoms with Gasteiger partial charge in [-0.05, 0) is 48.9 Å². The van der Waals surface area contributed by atoms with Crippen molar-refractivity contribution in [2.75, 3.05) is 24.5 Å². The highest BCUT2D eigenvalue weighted by Gasteiger charge is 2.31. The Morgan fingerprint density at radius 2 is 1.97 bits per heavy atom. The number of hydrogen-bond donors (Lipinski definition) is 0.